The van der Waals surface area contributed by atoms with E-state index in [2.05, 4.69) is 33.8 Å². The van der Waals surface area contributed by atoms with E-state index in [1.807, 2.05) is 0 Å². The van der Waals surface area contributed by atoms with Crippen LogP contribution in [0.15, 0.2) is 11.6 Å². The van der Waals surface area contributed by atoms with Gasteiger partial charge in [0, 0.05) is 17.8 Å². The third-order valence-corrected chi connectivity index (χ3v) is 19.7. The van der Waals surface area contributed by atoms with E-state index in [4.69, 9.17) is 47.4 Å². The third kappa shape index (κ3) is 8.99. The van der Waals surface area contributed by atoms with E-state index >= 15 is 0 Å². The molecule has 0 aromatic carbocycles. The molecule has 6 heterocycles. The van der Waals surface area contributed by atoms with Crippen LogP contribution >= 0.6 is 0 Å². The number of ether oxygens (including phenoxy) is 10. The van der Waals surface area contributed by atoms with Crippen LogP contribution in [0.25, 0.3) is 0 Å². The number of hydrogen-bond acceptors (Lipinski definition) is 24. The van der Waals surface area contributed by atoms with Gasteiger partial charge in [0.25, 0.3) is 0 Å². The maximum atomic E-state index is 12.8. The summed E-state index contributed by atoms with van der Waals surface area (Å²) in [6.07, 6.45) is -28.8. The number of allylic oxidation sites excluding steroid dienone is 1. The van der Waals surface area contributed by atoms with E-state index in [-0.39, 0.29) is 36.2 Å². The Balaban J connectivity index is 0.842. The molecule has 31 unspecified atom stereocenters. The van der Waals surface area contributed by atoms with Crippen molar-refractivity contribution in [2.24, 2.45) is 40.4 Å². The predicted molar refractivity (Wildman–Crippen MR) is 245 cm³/mol. The number of aliphatic hydroxyl groups is 14. The molecule has 31 atom stereocenters. The summed E-state index contributed by atoms with van der Waals surface area (Å²) in [6.45, 7) is 6.12. The minimum atomic E-state index is -2.03. The second-order valence-electron chi connectivity index (χ2n) is 23.7. The van der Waals surface area contributed by atoms with Gasteiger partial charge in [-0.3, -0.25) is 0 Å². The minimum absolute atomic E-state index is 0.173. The largest absolute Gasteiger partial charge is 0.394 e. The standard InChI is InChI=1S/C50H80O24/c1-19-7-10-49(66-17-19)20(2)50(64)31(74-49)12-24-22-6-5-21-11-27(25(54)13-47(21,3)23(22)8-9-48(24,50)4)67-44-39(63)36(60)40(30(16-53)70-44)71-46-42(73-45-38(62)35(59)33(57)28(14-51)68-45)41(34(58)29(15-52)69-46)72-43-37(61)32(56)26(55)18-65-43/h5,19-20,22-46,51-64H,6-18H2,1-4H3. The zero-order valence-electron chi connectivity index (χ0n) is 42.2. The fourth-order valence-electron chi connectivity index (χ4n) is 15.3. The third-order valence-electron chi connectivity index (χ3n) is 19.7. The van der Waals surface area contributed by atoms with Crippen LogP contribution in [0.3, 0.4) is 0 Å². The van der Waals surface area contributed by atoms with Crippen LogP contribution in [0.2, 0.25) is 0 Å². The van der Waals surface area contributed by atoms with Crippen molar-refractivity contribution < 1.29 is 119 Å². The van der Waals surface area contributed by atoms with Gasteiger partial charge in [-0.25, -0.2) is 0 Å². The van der Waals surface area contributed by atoms with Crippen molar-refractivity contribution in [2.45, 2.75) is 225 Å². The van der Waals surface area contributed by atoms with Crippen LogP contribution < -0.4 is 0 Å². The fraction of sp³-hybridized carbons (Fsp3) is 0.960. The first-order chi connectivity index (χ1) is 35.0. The highest BCUT2D eigenvalue weighted by Crippen LogP contribution is 2.72. The Morgan fingerprint density at radius 2 is 1.23 bits per heavy atom. The van der Waals surface area contributed by atoms with Gasteiger partial charge in [0.05, 0.1) is 51.3 Å². The summed E-state index contributed by atoms with van der Waals surface area (Å²) >= 11 is 0. The summed E-state index contributed by atoms with van der Waals surface area (Å²) in [6, 6.07) is 0. The second kappa shape index (κ2) is 21.0. The molecule has 10 aliphatic rings. The first kappa shape index (κ1) is 56.1. The maximum Gasteiger partial charge on any atom is 0.187 e. The molecule has 0 aromatic rings. The minimum Gasteiger partial charge on any atom is -0.394 e. The molecule has 0 amide bonds. The summed E-state index contributed by atoms with van der Waals surface area (Å²) in [5, 5.41) is 154. The number of hydrogen-bond donors (Lipinski definition) is 14. The smallest absolute Gasteiger partial charge is 0.187 e. The van der Waals surface area contributed by atoms with E-state index in [1.165, 1.54) is 0 Å². The molecular formula is C50H80O24. The SMILES string of the molecule is CC1CCC2(OC1)OC1CC3C4CC=C5CC(OC6OC(CO)C(OC7OC(CO)C(O)C(OC8OCC(O)C(O)C8O)C7OC7OC(CO)C(O)C(O)C7O)C(O)C6O)C(O)CC5(C)C4CCC3(C)C1(O)C2C. The number of fused-ring (bicyclic) bond motifs is 7. The summed E-state index contributed by atoms with van der Waals surface area (Å²) in [7, 11) is 0. The predicted octanol–water partition coefficient (Wildman–Crippen LogP) is -4.26. The van der Waals surface area contributed by atoms with Crippen molar-refractivity contribution in [3.63, 3.8) is 0 Å². The van der Waals surface area contributed by atoms with Crippen LogP contribution in [0.5, 0.6) is 0 Å². The first-order valence-corrected chi connectivity index (χ1v) is 26.6. The molecule has 9 fully saturated rings. The van der Waals surface area contributed by atoms with E-state index < -0.39 is 178 Å². The highest BCUT2D eigenvalue weighted by atomic mass is 16.8. The molecule has 1 spiro atoms. The van der Waals surface area contributed by atoms with Crippen LogP contribution in [0.1, 0.15) is 79.1 Å². The van der Waals surface area contributed by atoms with Crippen molar-refractivity contribution in [2.75, 3.05) is 33.0 Å². The molecule has 0 bridgehead atoms. The molecule has 3 saturated carbocycles. The molecule has 6 saturated heterocycles. The fourth-order valence-corrected chi connectivity index (χ4v) is 15.3. The molecule has 24 heteroatoms. The quantitative estimate of drug-likeness (QED) is 0.0871. The van der Waals surface area contributed by atoms with Crippen LogP contribution in [-0.4, -0.2) is 251 Å². The van der Waals surface area contributed by atoms with Crippen molar-refractivity contribution in [1.29, 1.82) is 0 Å². The van der Waals surface area contributed by atoms with Crippen LogP contribution in [-0.2, 0) is 47.4 Å². The van der Waals surface area contributed by atoms with Gasteiger partial charge in [-0.1, -0.05) is 39.3 Å². The van der Waals surface area contributed by atoms with Crippen molar-refractivity contribution in [1.82, 2.24) is 0 Å². The Hall–Kier alpha value is -1.22. The monoisotopic (exact) mass is 1060 g/mol. The van der Waals surface area contributed by atoms with Gasteiger partial charge in [-0.2, -0.15) is 0 Å². The lowest BCUT2D eigenvalue weighted by Gasteiger charge is -2.60. The molecule has 0 radical (unpaired) electrons. The lowest BCUT2D eigenvalue weighted by atomic mass is 9.46. The summed E-state index contributed by atoms with van der Waals surface area (Å²) < 4.78 is 60.7. The Morgan fingerprint density at radius 1 is 0.608 bits per heavy atom. The van der Waals surface area contributed by atoms with Crippen molar-refractivity contribution in [3.05, 3.63) is 11.6 Å². The zero-order valence-corrected chi connectivity index (χ0v) is 42.2. The molecule has 424 valence electrons. The molecule has 24 nitrogen and oxygen atoms in total. The highest BCUT2D eigenvalue weighted by molar-refractivity contribution is 5.29. The Kier molecular flexibility index (Phi) is 15.9. The molecule has 10 rings (SSSR count). The number of rotatable bonds is 11. The molecule has 74 heavy (non-hydrogen) atoms. The van der Waals surface area contributed by atoms with E-state index in [0.29, 0.717) is 18.9 Å². The Morgan fingerprint density at radius 3 is 1.92 bits per heavy atom. The molecule has 4 aliphatic carbocycles. The normalized spacial score (nSPS) is 57.5. The van der Waals surface area contributed by atoms with Crippen LogP contribution in [0.4, 0.5) is 0 Å². The lowest BCUT2D eigenvalue weighted by Crippen LogP contribution is -2.68. The molecule has 14 N–H and O–H groups in total. The highest BCUT2D eigenvalue weighted by Gasteiger charge is 2.76. The second-order valence-corrected chi connectivity index (χ2v) is 23.7. The van der Waals surface area contributed by atoms with Gasteiger partial charge in [-0.05, 0) is 74.0 Å². The van der Waals surface area contributed by atoms with Gasteiger partial charge < -0.3 is 119 Å². The number of aliphatic hydroxyl groups excluding tert-OH is 13. The van der Waals surface area contributed by atoms with Crippen molar-refractivity contribution in [3.8, 4) is 0 Å². The summed E-state index contributed by atoms with van der Waals surface area (Å²) in [5.41, 5.74) is -0.795. The topological polar surface area (TPSA) is 376 Å². The van der Waals surface area contributed by atoms with Gasteiger partial charge in [0.2, 0.25) is 0 Å². The van der Waals surface area contributed by atoms with Gasteiger partial charge in [0.15, 0.2) is 30.9 Å². The Bertz CT molecular complexity index is 1980. The lowest BCUT2D eigenvalue weighted by molar-refractivity contribution is -0.404. The van der Waals surface area contributed by atoms with Gasteiger partial charge >= 0.3 is 0 Å². The Labute approximate surface area is 428 Å². The van der Waals surface area contributed by atoms with Gasteiger partial charge in [-0.15, -0.1) is 0 Å². The van der Waals surface area contributed by atoms with Crippen molar-refractivity contribution >= 4 is 0 Å². The van der Waals surface area contributed by atoms with E-state index in [1.54, 1.807) is 0 Å². The van der Waals surface area contributed by atoms with Crippen LogP contribution in [0, 0.1) is 40.4 Å². The average Bonchev–Trinajstić information content (AvgIpc) is 3.73. The zero-order chi connectivity index (χ0) is 53.1. The summed E-state index contributed by atoms with van der Waals surface area (Å²) in [4.78, 5) is 0. The molecular weight excluding hydrogens is 985 g/mol. The molecule has 0 aromatic heterocycles. The van der Waals surface area contributed by atoms with E-state index in [9.17, 15) is 71.5 Å². The summed E-state index contributed by atoms with van der Waals surface area (Å²) in [5.74, 6) is 0.0358. The van der Waals surface area contributed by atoms with E-state index in [0.717, 1.165) is 44.1 Å². The molecule has 6 aliphatic heterocycles. The van der Waals surface area contributed by atoms with Gasteiger partial charge in [0.1, 0.15) is 97.2 Å². The average molecular weight is 1070 g/mol. The maximum absolute atomic E-state index is 12.8. The first-order valence-electron chi connectivity index (χ1n) is 26.6.